The lowest BCUT2D eigenvalue weighted by Gasteiger charge is -2.64. The monoisotopic (exact) mass is 827 g/mol. The van der Waals surface area contributed by atoms with Crippen LogP contribution in [0.4, 0.5) is 0 Å². The molecule has 8 aliphatic carbocycles. The predicted octanol–water partition coefficient (Wildman–Crippen LogP) is 8.92. The Morgan fingerprint density at radius 1 is 0.542 bits per heavy atom. The molecule has 8 saturated carbocycles. The molecular weight excluding hydrogens is 741 g/mol. The van der Waals surface area contributed by atoms with Crippen LogP contribution in [-0.2, 0) is 9.59 Å². The molecule has 0 amide bonds. The van der Waals surface area contributed by atoms with Gasteiger partial charge in [-0.15, -0.1) is 0 Å². The molecular formula is C51H86O8. The minimum absolute atomic E-state index is 0.0388. The van der Waals surface area contributed by atoms with E-state index in [1.807, 2.05) is 0 Å². The van der Waals surface area contributed by atoms with Crippen LogP contribution in [0.1, 0.15) is 171 Å². The standard InChI is InChI=1S/C26H44O4.C25H42O4/c1-5-18-22-13-16(28)8-10-26(22,4)21-9-11-25(3)19(15(2)12-17(29)14-27)6-7-20(25)23(21)24(18)30;1-5-16-20-13-15(26)8-10-25(20,4)19-9-11-24(3)17(14(2)12-21(27)28)6-7-18(24)22(19)23(16)29/h15-16,18-24,27-28,30H,5-14H2,1-4H3;14-20,22-23,26,29H,5-13H2,1-4H3,(H,27,28)/t15-,16-,18-,19-,20?,21?,22+,23?,24-,25-,26-;14-,15-,16-,17-,18?,19?,20+,22?,23-,24-,25-/m11/s1. The van der Waals surface area contributed by atoms with E-state index in [0.717, 1.165) is 83.5 Å². The third-order valence-electron chi connectivity index (χ3n) is 21.5. The Morgan fingerprint density at radius 2 is 0.915 bits per heavy atom. The Bertz CT molecular complexity index is 1500. The van der Waals surface area contributed by atoms with Crippen LogP contribution in [0.5, 0.6) is 0 Å². The van der Waals surface area contributed by atoms with Crippen LogP contribution in [-0.4, -0.2) is 73.4 Å². The molecule has 8 aliphatic rings. The lowest BCUT2D eigenvalue weighted by Crippen LogP contribution is -2.62. The van der Waals surface area contributed by atoms with Gasteiger partial charge < -0.3 is 30.6 Å². The zero-order chi connectivity index (χ0) is 43.0. The molecule has 6 unspecified atom stereocenters. The summed E-state index contributed by atoms with van der Waals surface area (Å²) in [5, 5.41) is 62.7. The normalized spacial score (nSPS) is 52.2. The number of carbonyl (C=O) groups is 2. The topological polar surface area (TPSA) is 156 Å². The highest BCUT2D eigenvalue weighted by Crippen LogP contribution is 2.71. The summed E-state index contributed by atoms with van der Waals surface area (Å²) in [6.07, 6.45) is 16.8. The van der Waals surface area contributed by atoms with Gasteiger partial charge in [0.2, 0.25) is 0 Å². The molecule has 8 fully saturated rings. The van der Waals surface area contributed by atoms with Crippen molar-refractivity contribution in [3.63, 3.8) is 0 Å². The number of aliphatic hydroxyl groups is 5. The van der Waals surface area contributed by atoms with Crippen molar-refractivity contribution in [2.45, 2.75) is 195 Å². The molecule has 338 valence electrons. The second-order valence-corrected chi connectivity index (χ2v) is 23.7. The summed E-state index contributed by atoms with van der Waals surface area (Å²) in [7, 11) is 0. The Hall–Kier alpha value is -1.06. The molecule has 59 heavy (non-hydrogen) atoms. The second-order valence-electron chi connectivity index (χ2n) is 23.7. The molecule has 0 aromatic heterocycles. The Kier molecular flexibility index (Phi) is 13.4. The van der Waals surface area contributed by atoms with Crippen LogP contribution in [0.2, 0.25) is 0 Å². The van der Waals surface area contributed by atoms with Gasteiger partial charge in [-0.3, -0.25) is 9.59 Å². The Morgan fingerprint density at radius 3 is 1.29 bits per heavy atom. The van der Waals surface area contributed by atoms with E-state index in [1.165, 1.54) is 19.3 Å². The van der Waals surface area contributed by atoms with E-state index in [4.69, 9.17) is 0 Å². The summed E-state index contributed by atoms with van der Waals surface area (Å²) in [5.74, 6) is 5.03. The first kappa shape index (κ1) is 45.9. The molecule has 8 heteroatoms. The Balaban J connectivity index is 0.000000179. The molecule has 0 bridgehead atoms. The zero-order valence-electron chi connectivity index (χ0n) is 38.3. The number of aliphatic carboxylic acids is 1. The highest BCUT2D eigenvalue weighted by atomic mass is 16.4. The van der Waals surface area contributed by atoms with E-state index in [2.05, 4.69) is 55.4 Å². The number of rotatable bonds is 9. The maximum atomic E-state index is 11.9. The number of aliphatic hydroxyl groups excluding tert-OH is 5. The number of Topliss-reactive ketones (excluding diaryl/α,β-unsaturated/α-hetero) is 1. The van der Waals surface area contributed by atoms with E-state index in [9.17, 15) is 40.2 Å². The molecule has 8 nitrogen and oxygen atoms in total. The van der Waals surface area contributed by atoms with Crippen molar-refractivity contribution in [3.8, 4) is 0 Å². The van der Waals surface area contributed by atoms with Crippen LogP contribution in [0.15, 0.2) is 0 Å². The van der Waals surface area contributed by atoms with E-state index < -0.39 is 5.97 Å². The minimum Gasteiger partial charge on any atom is -0.481 e. The molecule has 0 heterocycles. The molecule has 0 radical (unpaired) electrons. The number of carboxylic acid groups (broad SMARTS) is 1. The summed E-state index contributed by atoms with van der Waals surface area (Å²) in [6, 6.07) is 0. The van der Waals surface area contributed by atoms with Crippen molar-refractivity contribution in [1.82, 2.24) is 0 Å². The number of carbonyl (C=O) groups excluding carboxylic acids is 1. The number of ketones is 1. The fraction of sp³-hybridized carbons (Fsp3) is 0.961. The molecule has 0 spiro atoms. The average Bonchev–Trinajstić information content (AvgIpc) is 3.73. The van der Waals surface area contributed by atoms with Crippen molar-refractivity contribution in [1.29, 1.82) is 0 Å². The lowest BCUT2D eigenvalue weighted by atomic mass is 9.41. The van der Waals surface area contributed by atoms with Gasteiger partial charge in [-0.2, -0.15) is 0 Å². The molecule has 6 N–H and O–H groups in total. The summed E-state index contributed by atoms with van der Waals surface area (Å²) in [6.45, 7) is 18.2. The fourth-order valence-electron chi connectivity index (χ4n) is 18.8. The highest BCUT2D eigenvalue weighted by Gasteiger charge is 2.67. The van der Waals surface area contributed by atoms with Gasteiger partial charge in [0.15, 0.2) is 5.78 Å². The number of hydrogen-bond donors (Lipinski definition) is 6. The van der Waals surface area contributed by atoms with Gasteiger partial charge in [-0.05, 0) is 194 Å². The van der Waals surface area contributed by atoms with E-state index in [0.29, 0.717) is 77.4 Å². The van der Waals surface area contributed by atoms with Crippen molar-refractivity contribution in [2.75, 3.05) is 6.61 Å². The molecule has 0 saturated heterocycles. The van der Waals surface area contributed by atoms with Gasteiger partial charge in [0.25, 0.3) is 0 Å². The summed E-state index contributed by atoms with van der Waals surface area (Å²) in [5.41, 5.74) is 0.817. The van der Waals surface area contributed by atoms with Crippen LogP contribution in [0.25, 0.3) is 0 Å². The smallest absolute Gasteiger partial charge is 0.303 e. The van der Waals surface area contributed by atoms with Gasteiger partial charge in [0, 0.05) is 12.8 Å². The lowest BCUT2D eigenvalue weighted by molar-refractivity contribution is -0.203. The summed E-state index contributed by atoms with van der Waals surface area (Å²) in [4.78, 5) is 23.3. The quantitative estimate of drug-likeness (QED) is 0.135. The molecule has 8 rings (SSSR count). The van der Waals surface area contributed by atoms with Crippen LogP contribution < -0.4 is 0 Å². The molecule has 0 aromatic rings. The molecule has 0 aromatic carbocycles. The SMILES string of the molecule is CC[C@H]1[C@@H](O)C2C3CC[C@H]([C@H](C)CC(=O)CO)[C@@]3(C)CCC2[C@@]2(C)CC[C@@H](O)C[C@@H]12.CC[C@H]1[C@@H](O)C2C3CC[C@H]([C@H](C)CC(=O)O)[C@@]3(C)CCC2[C@@]2(C)CC[C@@H](O)C[C@@H]12. The zero-order valence-corrected chi connectivity index (χ0v) is 38.3. The van der Waals surface area contributed by atoms with Gasteiger partial charge in [0.1, 0.15) is 6.61 Å². The third-order valence-corrected chi connectivity index (χ3v) is 21.5. The first-order valence-electron chi connectivity index (χ1n) is 24.9. The van der Waals surface area contributed by atoms with Crippen LogP contribution in [0.3, 0.4) is 0 Å². The maximum absolute atomic E-state index is 11.9. The van der Waals surface area contributed by atoms with Crippen LogP contribution >= 0.6 is 0 Å². The maximum Gasteiger partial charge on any atom is 0.303 e. The first-order chi connectivity index (χ1) is 27.8. The number of fused-ring (bicyclic) bond motifs is 10. The number of carboxylic acids is 1. The van der Waals surface area contributed by atoms with Gasteiger partial charge in [0.05, 0.1) is 24.4 Å². The summed E-state index contributed by atoms with van der Waals surface area (Å²) < 4.78 is 0. The van der Waals surface area contributed by atoms with Crippen molar-refractivity contribution >= 4 is 11.8 Å². The predicted molar refractivity (Wildman–Crippen MR) is 231 cm³/mol. The van der Waals surface area contributed by atoms with Crippen molar-refractivity contribution in [2.24, 2.45) is 105 Å². The van der Waals surface area contributed by atoms with E-state index in [-0.39, 0.29) is 76.7 Å². The van der Waals surface area contributed by atoms with Crippen molar-refractivity contribution < 1.29 is 40.2 Å². The number of hydrogen-bond acceptors (Lipinski definition) is 7. The van der Waals surface area contributed by atoms with Gasteiger partial charge in [-0.25, -0.2) is 0 Å². The van der Waals surface area contributed by atoms with E-state index in [1.54, 1.807) is 0 Å². The third kappa shape index (κ3) is 7.54. The van der Waals surface area contributed by atoms with E-state index >= 15 is 0 Å². The minimum atomic E-state index is -0.682. The summed E-state index contributed by atoms with van der Waals surface area (Å²) >= 11 is 0. The average molecular weight is 827 g/mol. The largest absolute Gasteiger partial charge is 0.481 e. The van der Waals surface area contributed by atoms with Crippen LogP contribution in [0, 0.1) is 105 Å². The van der Waals surface area contributed by atoms with Gasteiger partial charge >= 0.3 is 5.97 Å². The molecule has 22 atom stereocenters. The second kappa shape index (κ2) is 17.1. The highest BCUT2D eigenvalue weighted by molar-refractivity contribution is 5.79. The Labute approximate surface area is 357 Å². The van der Waals surface area contributed by atoms with Crippen molar-refractivity contribution in [3.05, 3.63) is 0 Å². The molecule has 0 aliphatic heterocycles. The first-order valence-corrected chi connectivity index (χ1v) is 24.9. The van der Waals surface area contributed by atoms with Gasteiger partial charge in [-0.1, -0.05) is 68.2 Å². The fourth-order valence-corrected chi connectivity index (χ4v) is 18.8.